The minimum absolute atomic E-state index is 0.136. The molecule has 0 aliphatic rings. The maximum Gasteiger partial charge on any atom is 0.325 e. The van der Waals surface area contributed by atoms with Gasteiger partial charge in [0.1, 0.15) is 6.54 Å². The van der Waals surface area contributed by atoms with Crippen LogP contribution >= 0.6 is 0 Å². The molecule has 1 aromatic heterocycles. The number of imidazole rings is 1. The van der Waals surface area contributed by atoms with Crippen LogP contribution in [0.1, 0.15) is 12.6 Å². The van der Waals surface area contributed by atoms with Crippen molar-refractivity contribution in [2.75, 3.05) is 13.2 Å². The van der Waals surface area contributed by atoms with Gasteiger partial charge in [0.15, 0.2) is 0 Å². The summed E-state index contributed by atoms with van der Waals surface area (Å²) in [6, 6.07) is -0.428. The van der Waals surface area contributed by atoms with E-state index in [9.17, 15) is 9.59 Å². The van der Waals surface area contributed by atoms with E-state index in [1.165, 1.54) is 6.33 Å². The summed E-state index contributed by atoms with van der Waals surface area (Å²) in [5.41, 5.74) is 0.784. The summed E-state index contributed by atoms with van der Waals surface area (Å²) >= 11 is 0. The molecule has 16 heavy (non-hydrogen) atoms. The molecular weight excluding hydrogens is 212 g/mol. The van der Waals surface area contributed by atoms with Crippen molar-refractivity contribution in [3.8, 4) is 0 Å². The molecular formula is C9H14N4O3. The first-order chi connectivity index (χ1) is 7.72. The lowest BCUT2D eigenvalue weighted by Crippen LogP contribution is -2.38. The van der Waals surface area contributed by atoms with Gasteiger partial charge < -0.3 is 20.4 Å². The highest BCUT2D eigenvalue weighted by molar-refractivity contribution is 5.80. The van der Waals surface area contributed by atoms with Crippen LogP contribution in [-0.4, -0.2) is 35.1 Å². The minimum Gasteiger partial charge on any atom is -0.465 e. The van der Waals surface area contributed by atoms with Crippen LogP contribution in [0.15, 0.2) is 12.5 Å². The fourth-order valence-corrected chi connectivity index (χ4v) is 0.984. The molecule has 1 aromatic rings. The molecule has 0 radical (unpaired) electrons. The second-order valence-corrected chi connectivity index (χ2v) is 2.92. The lowest BCUT2D eigenvalue weighted by molar-refractivity contribution is -0.141. The van der Waals surface area contributed by atoms with E-state index < -0.39 is 12.0 Å². The van der Waals surface area contributed by atoms with E-state index >= 15 is 0 Å². The zero-order valence-corrected chi connectivity index (χ0v) is 8.95. The van der Waals surface area contributed by atoms with Crippen LogP contribution in [-0.2, 0) is 16.1 Å². The molecule has 1 heterocycles. The standard InChI is InChI=1S/C9H14N4O3/c1-2-16-8(14)5-12-9(15)11-4-7-3-10-6-13-7/h3,6H,2,4-5H2,1H3,(H,10,13)(H2,11,12,15). The number of amides is 2. The summed E-state index contributed by atoms with van der Waals surface area (Å²) in [7, 11) is 0. The largest absolute Gasteiger partial charge is 0.465 e. The molecule has 0 aromatic carbocycles. The number of hydrogen-bond donors (Lipinski definition) is 3. The van der Waals surface area contributed by atoms with Crippen molar-refractivity contribution in [1.29, 1.82) is 0 Å². The molecule has 0 saturated heterocycles. The SMILES string of the molecule is CCOC(=O)CNC(=O)NCc1cnc[nH]1. The molecule has 0 atom stereocenters. The summed E-state index contributed by atoms with van der Waals surface area (Å²) in [4.78, 5) is 28.7. The normalized spacial score (nSPS) is 9.56. The number of hydrogen-bond acceptors (Lipinski definition) is 4. The molecule has 1 rings (SSSR count). The molecule has 3 N–H and O–H groups in total. The van der Waals surface area contributed by atoms with E-state index in [4.69, 9.17) is 0 Å². The van der Waals surface area contributed by atoms with E-state index in [0.29, 0.717) is 13.2 Å². The molecule has 7 heteroatoms. The molecule has 0 saturated carbocycles. The minimum atomic E-state index is -0.459. The Kier molecular flexibility index (Phi) is 4.84. The first-order valence-corrected chi connectivity index (χ1v) is 4.87. The van der Waals surface area contributed by atoms with Crippen molar-refractivity contribution >= 4 is 12.0 Å². The average molecular weight is 226 g/mol. The molecule has 7 nitrogen and oxygen atoms in total. The molecule has 0 fully saturated rings. The van der Waals surface area contributed by atoms with Crippen LogP contribution in [0.25, 0.3) is 0 Å². The third kappa shape index (κ3) is 4.45. The first-order valence-electron chi connectivity index (χ1n) is 4.87. The maximum absolute atomic E-state index is 11.2. The van der Waals surface area contributed by atoms with Crippen LogP contribution in [0, 0.1) is 0 Å². The van der Waals surface area contributed by atoms with Crippen molar-refractivity contribution in [2.45, 2.75) is 13.5 Å². The highest BCUT2D eigenvalue weighted by Crippen LogP contribution is 1.88. The van der Waals surface area contributed by atoms with Gasteiger partial charge in [0, 0.05) is 6.20 Å². The number of aromatic nitrogens is 2. The number of nitrogens with one attached hydrogen (secondary N) is 3. The summed E-state index contributed by atoms with van der Waals surface area (Å²) in [5.74, 6) is -0.459. The second kappa shape index (κ2) is 6.44. The molecule has 0 aliphatic carbocycles. The number of ether oxygens (including phenoxy) is 1. The molecule has 2 amide bonds. The summed E-state index contributed by atoms with van der Waals surface area (Å²) in [6.45, 7) is 2.20. The Balaban J connectivity index is 2.14. The number of rotatable bonds is 5. The third-order valence-electron chi connectivity index (χ3n) is 1.69. The quantitative estimate of drug-likeness (QED) is 0.604. The number of carbonyl (C=O) groups is 2. The van der Waals surface area contributed by atoms with Gasteiger partial charge in [-0.3, -0.25) is 4.79 Å². The lowest BCUT2D eigenvalue weighted by atomic mass is 10.5. The first kappa shape index (κ1) is 12.0. The van der Waals surface area contributed by atoms with Crippen molar-refractivity contribution < 1.29 is 14.3 Å². The van der Waals surface area contributed by atoms with E-state index in [1.54, 1.807) is 13.1 Å². The number of urea groups is 1. The van der Waals surface area contributed by atoms with Crippen LogP contribution in [0.2, 0.25) is 0 Å². The molecule has 0 unspecified atom stereocenters. The summed E-state index contributed by atoms with van der Waals surface area (Å²) < 4.78 is 4.65. The van der Waals surface area contributed by atoms with Gasteiger partial charge in [-0.25, -0.2) is 9.78 Å². The van der Waals surface area contributed by atoms with E-state index in [1.807, 2.05) is 0 Å². The van der Waals surface area contributed by atoms with Gasteiger partial charge in [-0.1, -0.05) is 0 Å². The van der Waals surface area contributed by atoms with Gasteiger partial charge in [0.2, 0.25) is 0 Å². The molecule has 0 spiro atoms. The lowest BCUT2D eigenvalue weighted by Gasteiger charge is -2.05. The Morgan fingerprint density at radius 1 is 1.50 bits per heavy atom. The Labute approximate surface area is 92.6 Å². The van der Waals surface area contributed by atoms with Crippen molar-refractivity contribution in [2.24, 2.45) is 0 Å². The van der Waals surface area contributed by atoms with E-state index in [2.05, 4.69) is 25.3 Å². The molecule has 0 aliphatic heterocycles. The number of H-pyrrole nitrogens is 1. The maximum atomic E-state index is 11.2. The van der Waals surface area contributed by atoms with Crippen molar-refractivity contribution in [3.63, 3.8) is 0 Å². The van der Waals surface area contributed by atoms with Crippen LogP contribution in [0.4, 0.5) is 4.79 Å². The number of nitrogens with zero attached hydrogens (tertiary/aromatic N) is 1. The molecule has 0 bridgehead atoms. The Morgan fingerprint density at radius 2 is 2.31 bits per heavy atom. The number of carbonyl (C=O) groups excluding carboxylic acids is 2. The Morgan fingerprint density at radius 3 is 2.94 bits per heavy atom. The van der Waals surface area contributed by atoms with Crippen LogP contribution < -0.4 is 10.6 Å². The third-order valence-corrected chi connectivity index (χ3v) is 1.69. The van der Waals surface area contributed by atoms with E-state index in [-0.39, 0.29) is 6.54 Å². The zero-order valence-electron chi connectivity index (χ0n) is 8.95. The summed E-state index contributed by atoms with van der Waals surface area (Å²) in [5, 5.41) is 4.92. The molecule has 88 valence electrons. The van der Waals surface area contributed by atoms with Gasteiger partial charge in [0.05, 0.1) is 25.2 Å². The van der Waals surface area contributed by atoms with Gasteiger partial charge in [-0.2, -0.15) is 0 Å². The van der Waals surface area contributed by atoms with Gasteiger partial charge in [-0.15, -0.1) is 0 Å². The zero-order chi connectivity index (χ0) is 11.8. The second-order valence-electron chi connectivity index (χ2n) is 2.92. The smallest absolute Gasteiger partial charge is 0.325 e. The van der Waals surface area contributed by atoms with Crippen molar-refractivity contribution in [3.05, 3.63) is 18.2 Å². The Bertz CT molecular complexity index is 337. The van der Waals surface area contributed by atoms with Crippen molar-refractivity contribution in [1.82, 2.24) is 20.6 Å². The monoisotopic (exact) mass is 226 g/mol. The van der Waals surface area contributed by atoms with Gasteiger partial charge >= 0.3 is 12.0 Å². The fraction of sp³-hybridized carbons (Fsp3) is 0.444. The average Bonchev–Trinajstić information content (AvgIpc) is 2.77. The van der Waals surface area contributed by atoms with Gasteiger partial charge in [-0.05, 0) is 6.92 Å². The predicted octanol–water partition coefficient (Wildman–Crippen LogP) is -0.228. The van der Waals surface area contributed by atoms with Crippen LogP contribution in [0.5, 0.6) is 0 Å². The van der Waals surface area contributed by atoms with Crippen LogP contribution in [0.3, 0.4) is 0 Å². The number of esters is 1. The summed E-state index contributed by atoms with van der Waals surface area (Å²) in [6.07, 6.45) is 3.12. The predicted molar refractivity (Wildman–Crippen MR) is 55.5 cm³/mol. The Hall–Kier alpha value is -2.05. The van der Waals surface area contributed by atoms with Gasteiger partial charge in [0.25, 0.3) is 0 Å². The van der Waals surface area contributed by atoms with E-state index in [0.717, 1.165) is 5.69 Å². The fourth-order valence-electron chi connectivity index (χ4n) is 0.984. The topological polar surface area (TPSA) is 96.1 Å². The number of aromatic amines is 1. The highest BCUT2D eigenvalue weighted by atomic mass is 16.5. The highest BCUT2D eigenvalue weighted by Gasteiger charge is 2.05.